The maximum atomic E-state index is 14.0. The SMILES string of the molecule is CCCCOc1cc2c(cc1F)O[C@@H]([C@@H](O)CN=[N+]=[N-])CC2. The zero-order chi connectivity index (χ0) is 15.9. The van der Waals surface area contributed by atoms with Gasteiger partial charge in [0.05, 0.1) is 19.3 Å². The minimum atomic E-state index is -0.896. The van der Waals surface area contributed by atoms with Crippen LogP contribution in [-0.4, -0.2) is 30.5 Å². The van der Waals surface area contributed by atoms with E-state index in [2.05, 4.69) is 10.0 Å². The van der Waals surface area contributed by atoms with Crippen molar-refractivity contribution in [1.82, 2.24) is 0 Å². The lowest BCUT2D eigenvalue weighted by Crippen LogP contribution is -2.36. The molecule has 0 fully saturated rings. The molecule has 0 unspecified atom stereocenters. The molecule has 1 aromatic rings. The number of aryl methyl sites for hydroxylation is 1. The number of hydrogen-bond acceptors (Lipinski definition) is 4. The summed E-state index contributed by atoms with van der Waals surface area (Å²) >= 11 is 0. The Hall–Kier alpha value is -1.98. The zero-order valence-corrected chi connectivity index (χ0v) is 12.5. The van der Waals surface area contributed by atoms with Gasteiger partial charge in [0.25, 0.3) is 0 Å². The van der Waals surface area contributed by atoms with Crippen LogP contribution in [-0.2, 0) is 6.42 Å². The third kappa shape index (κ3) is 4.02. The summed E-state index contributed by atoms with van der Waals surface area (Å²) < 4.78 is 25.1. The molecule has 120 valence electrons. The first-order valence-electron chi connectivity index (χ1n) is 7.46. The average molecular weight is 309 g/mol. The highest BCUT2D eigenvalue weighted by Crippen LogP contribution is 2.34. The molecule has 2 atom stereocenters. The van der Waals surface area contributed by atoms with E-state index in [1.165, 1.54) is 6.07 Å². The van der Waals surface area contributed by atoms with Crippen molar-refractivity contribution in [3.8, 4) is 11.5 Å². The smallest absolute Gasteiger partial charge is 0.168 e. The average Bonchev–Trinajstić information content (AvgIpc) is 2.52. The number of azide groups is 1. The van der Waals surface area contributed by atoms with Crippen LogP contribution in [0.5, 0.6) is 11.5 Å². The van der Waals surface area contributed by atoms with Crippen molar-refractivity contribution in [2.24, 2.45) is 5.11 Å². The zero-order valence-electron chi connectivity index (χ0n) is 12.5. The van der Waals surface area contributed by atoms with Crippen molar-refractivity contribution < 1.29 is 19.0 Å². The van der Waals surface area contributed by atoms with E-state index in [0.29, 0.717) is 25.2 Å². The number of aliphatic hydroxyl groups is 1. The molecule has 6 nitrogen and oxygen atoms in total. The number of ether oxygens (including phenoxy) is 2. The topological polar surface area (TPSA) is 87.5 Å². The van der Waals surface area contributed by atoms with Crippen LogP contribution >= 0.6 is 0 Å². The summed E-state index contributed by atoms with van der Waals surface area (Å²) in [7, 11) is 0. The molecule has 0 radical (unpaired) electrons. The monoisotopic (exact) mass is 309 g/mol. The van der Waals surface area contributed by atoms with Gasteiger partial charge in [-0.05, 0) is 36.4 Å². The summed E-state index contributed by atoms with van der Waals surface area (Å²) in [6.07, 6.45) is 1.70. The summed E-state index contributed by atoms with van der Waals surface area (Å²) in [6.45, 7) is 2.47. The summed E-state index contributed by atoms with van der Waals surface area (Å²) in [5.41, 5.74) is 9.13. The van der Waals surface area contributed by atoms with E-state index in [-0.39, 0.29) is 12.3 Å². The lowest BCUT2D eigenvalue weighted by molar-refractivity contribution is 0.0294. The van der Waals surface area contributed by atoms with Crippen LogP contribution in [0.1, 0.15) is 31.7 Å². The highest BCUT2D eigenvalue weighted by atomic mass is 19.1. The molecule has 0 aliphatic carbocycles. The van der Waals surface area contributed by atoms with Crippen molar-refractivity contribution in [3.63, 3.8) is 0 Å². The molecule has 0 aromatic heterocycles. The number of unbranched alkanes of at least 4 members (excludes halogenated alkanes) is 1. The van der Waals surface area contributed by atoms with Gasteiger partial charge in [-0.25, -0.2) is 4.39 Å². The highest BCUT2D eigenvalue weighted by molar-refractivity contribution is 5.43. The molecule has 0 saturated heterocycles. The maximum absolute atomic E-state index is 14.0. The largest absolute Gasteiger partial charge is 0.491 e. The summed E-state index contributed by atoms with van der Waals surface area (Å²) in [5.74, 6) is 0.181. The highest BCUT2D eigenvalue weighted by Gasteiger charge is 2.27. The molecule has 1 aliphatic heterocycles. The van der Waals surface area contributed by atoms with Crippen LogP contribution < -0.4 is 9.47 Å². The van der Waals surface area contributed by atoms with Crippen LogP contribution in [0.25, 0.3) is 10.4 Å². The van der Waals surface area contributed by atoms with Crippen molar-refractivity contribution in [2.45, 2.75) is 44.8 Å². The minimum absolute atomic E-state index is 0.0583. The predicted octanol–water partition coefficient (Wildman–Crippen LogP) is 3.37. The lowest BCUT2D eigenvalue weighted by Gasteiger charge is -2.29. The van der Waals surface area contributed by atoms with Crippen LogP contribution in [0.15, 0.2) is 17.2 Å². The fourth-order valence-corrected chi connectivity index (χ4v) is 2.35. The normalized spacial score (nSPS) is 17.9. The Morgan fingerprint density at radius 2 is 2.41 bits per heavy atom. The van der Waals surface area contributed by atoms with Gasteiger partial charge in [0.1, 0.15) is 11.9 Å². The Bertz CT molecular complexity index is 561. The van der Waals surface area contributed by atoms with Gasteiger partial charge in [-0.15, -0.1) is 0 Å². The van der Waals surface area contributed by atoms with E-state index in [0.717, 1.165) is 18.4 Å². The Balaban J connectivity index is 2.06. The van der Waals surface area contributed by atoms with Crippen molar-refractivity contribution in [1.29, 1.82) is 0 Å². The number of rotatable bonds is 7. The standard InChI is InChI=1S/C15H20FN3O3/c1-2-3-6-21-15-7-10-4-5-13(12(20)9-18-19-17)22-14(10)8-11(15)16/h7-8,12-13,20H,2-6,9H2,1H3/t12-,13+/m0/s1. The molecule has 0 amide bonds. The van der Waals surface area contributed by atoms with Crippen LogP contribution in [0, 0.1) is 5.82 Å². The molecular formula is C15H20FN3O3. The molecule has 1 aromatic carbocycles. The third-order valence-corrected chi connectivity index (χ3v) is 3.61. The molecule has 0 saturated carbocycles. The van der Waals surface area contributed by atoms with Gasteiger partial charge in [0.15, 0.2) is 11.6 Å². The molecule has 1 heterocycles. The van der Waals surface area contributed by atoms with Gasteiger partial charge in [-0.2, -0.15) is 0 Å². The van der Waals surface area contributed by atoms with E-state index >= 15 is 0 Å². The molecule has 7 heteroatoms. The lowest BCUT2D eigenvalue weighted by atomic mass is 9.98. The van der Waals surface area contributed by atoms with Crippen molar-refractivity contribution in [2.75, 3.05) is 13.2 Å². The van der Waals surface area contributed by atoms with Gasteiger partial charge in [0.2, 0.25) is 0 Å². The molecule has 0 bridgehead atoms. The van der Waals surface area contributed by atoms with Gasteiger partial charge in [-0.1, -0.05) is 18.5 Å². The number of fused-ring (bicyclic) bond motifs is 1. The minimum Gasteiger partial charge on any atom is -0.491 e. The summed E-state index contributed by atoms with van der Waals surface area (Å²) in [5, 5.41) is 13.2. The number of hydrogen-bond donors (Lipinski definition) is 1. The molecule has 22 heavy (non-hydrogen) atoms. The Labute approximate surface area is 128 Å². The third-order valence-electron chi connectivity index (χ3n) is 3.61. The summed E-state index contributed by atoms with van der Waals surface area (Å²) in [6, 6.07) is 2.96. The molecule has 2 rings (SSSR count). The van der Waals surface area contributed by atoms with Gasteiger partial charge in [0, 0.05) is 11.0 Å². The van der Waals surface area contributed by atoms with E-state index in [4.69, 9.17) is 15.0 Å². The van der Waals surface area contributed by atoms with E-state index < -0.39 is 18.0 Å². The quantitative estimate of drug-likeness (QED) is 0.362. The number of halogens is 1. The molecule has 1 aliphatic rings. The molecule has 0 spiro atoms. The molecular weight excluding hydrogens is 289 g/mol. The number of benzene rings is 1. The van der Waals surface area contributed by atoms with E-state index in [9.17, 15) is 9.50 Å². The fraction of sp³-hybridized carbons (Fsp3) is 0.600. The molecule has 1 N–H and O–H groups in total. The van der Waals surface area contributed by atoms with Crippen molar-refractivity contribution >= 4 is 0 Å². The van der Waals surface area contributed by atoms with Crippen LogP contribution in [0.4, 0.5) is 4.39 Å². The Morgan fingerprint density at radius 3 is 3.14 bits per heavy atom. The second-order valence-corrected chi connectivity index (χ2v) is 5.27. The first-order chi connectivity index (χ1) is 10.7. The first-order valence-corrected chi connectivity index (χ1v) is 7.46. The number of nitrogens with zero attached hydrogens (tertiary/aromatic N) is 3. The van der Waals surface area contributed by atoms with Gasteiger partial charge < -0.3 is 14.6 Å². The van der Waals surface area contributed by atoms with Gasteiger partial charge >= 0.3 is 0 Å². The fourth-order valence-electron chi connectivity index (χ4n) is 2.35. The predicted molar refractivity (Wildman–Crippen MR) is 79.6 cm³/mol. The Morgan fingerprint density at radius 1 is 1.59 bits per heavy atom. The van der Waals surface area contributed by atoms with E-state index in [1.807, 2.05) is 6.92 Å². The Kier molecular flexibility index (Phi) is 5.86. The first kappa shape index (κ1) is 16.4. The summed E-state index contributed by atoms with van der Waals surface area (Å²) in [4.78, 5) is 2.61. The van der Waals surface area contributed by atoms with Crippen molar-refractivity contribution in [3.05, 3.63) is 34.0 Å². The van der Waals surface area contributed by atoms with Crippen LogP contribution in [0.2, 0.25) is 0 Å². The van der Waals surface area contributed by atoms with Gasteiger partial charge in [-0.3, -0.25) is 0 Å². The maximum Gasteiger partial charge on any atom is 0.168 e. The second kappa shape index (κ2) is 7.87. The van der Waals surface area contributed by atoms with E-state index in [1.54, 1.807) is 6.07 Å². The second-order valence-electron chi connectivity index (χ2n) is 5.27. The van der Waals surface area contributed by atoms with Crippen LogP contribution in [0.3, 0.4) is 0 Å². The number of aliphatic hydroxyl groups excluding tert-OH is 1.